The molecular weight excluding hydrogens is 741 g/mol. The van der Waals surface area contributed by atoms with Crippen LogP contribution in [0.1, 0.15) is 28.0 Å². The van der Waals surface area contributed by atoms with E-state index in [1.54, 1.807) is 11.3 Å². The van der Waals surface area contributed by atoms with Gasteiger partial charge < -0.3 is 20.2 Å². The average Bonchev–Trinajstić information content (AvgIpc) is 3.39. The van der Waals surface area contributed by atoms with Crippen molar-refractivity contribution in [3.8, 4) is 0 Å². The number of thiazole rings is 1. The molecule has 1 aromatic heterocycles. The smallest absolute Gasteiger partial charge is 0.324 e. The second kappa shape index (κ2) is 13.1. The summed E-state index contributed by atoms with van der Waals surface area (Å²) in [5, 5.41) is 1.09. The van der Waals surface area contributed by atoms with Crippen molar-refractivity contribution in [3.63, 3.8) is 0 Å². The van der Waals surface area contributed by atoms with Gasteiger partial charge in [0.15, 0.2) is 5.13 Å². The van der Waals surface area contributed by atoms with Crippen molar-refractivity contribution in [2.24, 2.45) is 0 Å². The van der Waals surface area contributed by atoms with E-state index in [0.29, 0.717) is 0 Å². The molecule has 10 heteroatoms. The van der Waals surface area contributed by atoms with Gasteiger partial charge in [0.2, 0.25) is 0 Å². The van der Waals surface area contributed by atoms with Gasteiger partial charge in [0.25, 0.3) is 0 Å². The first-order chi connectivity index (χ1) is 17.6. The SMILES string of the molecule is CN1CCCN(c2ccc3c(c2)CN(c2ncc(Cc4ccc(N5CCSCC5)cc4)s2)CC3)C1=O.O.[U]. The molecule has 3 aliphatic rings. The Labute approximate surface area is 257 Å². The van der Waals surface area contributed by atoms with Crippen molar-refractivity contribution in [1.29, 1.82) is 0 Å². The minimum atomic E-state index is 0. The number of hydrogen-bond donors (Lipinski definition) is 0. The largest absolute Gasteiger partial charge is 0.412 e. The van der Waals surface area contributed by atoms with E-state index in [4.69, 9.17) is 4.98 Å². The van der Waals surface area contributed by atoms with Crippen LogP contribution in [0.15, 0.2) is 48.7 Å². The number of thioether (sulfide) groups is 1. The molecule has 3 aliphatic heterocycles. The predicted molar refractivity (Wildman–Crippen MR) is 156 cm³/mol. The Hall–Kier alpha value is -1.70. The first-order valence-electron chi connectivity index (χ1n) is 12.9. The number of nitrogens with zero attached hydrogens (tertiary/aromatic N) is 5. The van der Waals surface area contributed by atoms with Crippen molar-refractivity contribution < 1.29 is 41.4 Å². The van der Waals surface area contributed by atoms with Crippen LogP contribution in [0.5, 0.6) is 0 Å². The van der Waals surface area contributed by atoms with E-state index >= 15 is 0 Å². The fourth-order valence-corrected chi connectivity index (χ4v) is 7.22. The standard InChI is InChI=1S/C28H33N5OS2.H2O.U/c1-30-10-2-11-33(28(30)34)25-8-5-22-9-12-32(20-23(22)18-25)27-29-19-26(36-27)17-21-3-6-24(7-4-21)31-13-15-35-16-14-31;;/h3-8,18-19H,2,9-17,20H2,1H3;1H2;. The second-order valence-corrected chi connectivity index (χ2v) is 12.2. The number of carbonyl (C=O) groups is 1. The van der Waals surface area contributed by atoms with E-state index in [1.165, 1.54) is 38.8 Å². The first kappa shape index (κ1) is 29.3. The van der Waals surface area contributed by atoms with Gasteiger partial charge in [-0.2, -0.15) is 11.8 Å². The minimum Gasteiger partial charge on any atom is -0.412 e. The van der Waals surface area contributed by atoms with Crippen LogP contribution in [0.25, 0.3) is 0 Å². The summed E-state index contributed by atoms with van der Waals surface area (Å²) in [6.07, 6.45) is 4.99. The van der Waals surface area contributed by atoms with E-state index < -0.39 is 0 Å². The third kappa shape index (κ3) is 6.37. The molecule has 2 fully saturated rings. The third-order valence-corrected chi connectivity index (χ3v) is 9.45. The van der Waals surface area contributed by atoms with Crippen LogP contribution in [0.2, 0.25) is 0 Å². The van der Waals surface area contributed by atoms with Gasteiger partial charge in [0.1, 0.15) is 0 Å². The Bertz CT molecular complexity index is 1230. The average molecular weight is 776 g/mol. The molecule has 200 valence electrons. The Morgan fingerprint density at radius 1 is 0.895 bits per heavy atom. The summed E-state index contributed by atoms with van der Waals surface area (Å²) in [6, 6.07) is 15.7. The normalized spacial score (nSPS) is 17.6. The predicted octanol–water partition coefficient (Wildman–Crippen LogP) is 4.29. The van der Waals surface area contributed by atoms with Crippen LogP contribution in [0, 0.1) is 31.1 Å². The Morgan fingerprint density at radius 3 is 2.45 bits per heavy atom. The van der Waals surface area contributed by atoms with E-state index in [0.717, 1.165) is 69.3 Å². The molecule has 0 atom stereocenters. The number of anilines is 3. The Kier molecular flexibility index (Phi) is 10.1. The molecule has 2 N–H and O–H groups in total. The van der Waals surface area contributed by atoms with Crippen molar-refractivity contribution in [3.05, 3.63) is 70.2 Å². The number of urea groups is 1. The zero-order valence-electron chi connectivity index (χ0n) is 21.9. The van der Waals surface area contributed by atoms with E-state index in [-0.39, 0.29) is 42.6 Å². The molecule has 6 rings (SSSR count). The molecule has 0 aliphatic carbocycles. The summed E-state index contributed by atoms with van der Waals surface area (Å²) < 4.78 is 0. The van der Waals surface area contributed by atoms with Crippen molar-refractivity contribution >= 4 is 45.6 Å². The minimum absolute atomic E-state index is 0. The number of carbonyl (C=O) groups excluding carboxylic acids is 1. The summed E-state index contributed by atoms with van der Waals surface area (Å²) in [5.74, 6) is 2.45. The number of hydrogen-bond acceptors (Lipinski definition) is 6. The maximum Gasteiger partial charge on any atom is 0.324 e. The molecule has 0 radical (unpaired) electrons. The molecule has 0 saturated carbocycles. The van der Waals surface area contributed by atoms with E-state index in [9.17, 15) is 4.79 Å². The maximum atomic E-state index is 12.7. The number of benzene rings is 2. The topological polar surface area (TPSA) is 74.4 Å². The van der Waals surface area contributed by atoms with Gasteiger partial charge in [-0.15, -0.1) is 11.3 Å². The van der Waals surface area contributed by atoms with Gasteiger partial charge in [-0.3, -0.25) is 4.90 Å². The molecular formula is C28H35N5O2S2U. The van der Waals surface area contributed by atoms with Crippen molar-refractivity contribution in [2.75, 3.05) is 66.0 Å². The number of rotatable bonds is 5. The van der Waals surface area contributed by atoms with Gasteiger partial charge in [-0.05, 0) is 53.8 Å². The molecule has 3 aromatic rings. The zero-order valence-corrected chi connectivity index (χ0v) is 27.7. The van der Waals surface area contributed by atoms with Gasteiger partial charge in [0.05, 0.1) is 0 Å². The van der Waals surface area contributed by atoms with E-state index in [1.807, 2.05) is 34.8 Å². The molecule has 2 amide bonds. The molecule has 4 heterocycles. The Balaban J connectivity index is 0.00000168. The molecule has 7 nitrogen and oxygen atoms in total. The fourth-order valence-electron chi connectivity index (χ4n) is 5.35. The quantitative estimate of drug-likeness (QED) is 0.387. The number of aromatic nitrogens is 1. The first-order valence-corrected chi connectivity index (χ1v) is 14.9. The zero-order chi connectivity index (χ0) is 24.5. The molecule has 0 spiro atoms. The summed E-state index contributed by atoms with van der Waals surface area (Å²) >= 11 is 3.85. The molecule has 2 aromatic carbocycles. The monoisotopic (exact) mass is 775 g/mol. The fraction of sp³-hybridized carbons (Fsp3) is 0.429. The van der Waals surface area contributed by atoms with E-state index in [2.05, 4.69) is 52.3 Å². The maximum absolute atomic E-state index is 12.7. The molecule has 0 bridgehead atoms. The van der Waals surface area contributed by atoms with Crippen LogP contribution in [-0.4, -0.2) is 72.7 Å². The second-order valence-electron chi connectivity index (χ2n) is 9.89. The van der Waals surface area contributed by atoms with Crippen LogP contribution < -0.4 is 14.7 Å². The van der Waals surface area contributed by atoms with Gasteiger partial charge >= 0.3 is 6.03 Å². The summed E-state index contributed by atoms with van der Waals surface area (Å²) in [5.41, 5.74) is 6.39. The molecule has 0 unspecified atom stereocenters. The van der Waals surface area contributed by atoms with Crippen LogP contribution >= 0.6 is 23.1 Å². The van der Waals surface area contributed by atoms with Gasteiger partial charge in [-0.25, -0.2) is 9.78 Å². The van der Waals surface area contributed by atoms with Crippen molar-refractivity contribution in [1.82, 2.24) is 9.88 Å². The third-order valence-electron chi connectivity index (χ3n) is 7.45. The van der Waals surface area contributed by atoms with Gasteiger partial charge in [0, 0.05) is 118 Å². The number of amides is 2. The summed E-state index contributed by atoms with van der Waals surface area (Å²) in [7, 11) is 1.89. The summed E-state index contributed by atoms with van der Waals surface area (Å²) in [4.78, 5) is 27.4. The van der Waals surface area contributed by atoms with Crippen LogP contribution in [0.3, 0.4) is 0 Å². The molecule has 38 heavy (non-hydrogen) atoms. The van der Waals surface area contributed by atoms with Crippen molar-refractivity contribution in [2.45, 2.75) is 25.8 Å². The Morgan fingerprint density at radius 2 is 1.66 bits per heavy atom. The molecule has 2 saturated heterocycles. The summed E-state index contributed by atoms with van der Waals surface area (Å²) in [6.45, 7) is 5.74. The van der Waals surface area contributed by atoms with Crippen LogP contribution in [-0.2, 0) is 19.4 Å². The number of fused-ring (bicyclic) bond motifs is 1. The van der Waals surface area contributed by atoms with Gasteiger partial charge in [-0.1, -0.05) is 18.2 Å². The van der Waals surface area contributed by atoms with Crippen LogP contribution in [0.4, 0.5) is 21.3 Å².